The highest BCUT2D eigenvalue weighted by molar-refractivity contribution is 7.17. The van der Waals surface area contributed by atoms with Crippen LogP contribution in [0.15, 0.2) is 35.7 Å². The number of hydrogen-bond acceptors (Lipinski definition) is 4. The maximum absolute atomic E-state index is 14.0. The van der Waals surface area contributed by atoms with Crippen LogP contribution in [0.2, 0.25) is 0 Å². The van der Waals surface area contributed by atoms with Gasteiger partial charge in [-0.3, -0.25) is 9.59 Å². The minimum absolute atomic E-state index is 0.0792. The summed E-state index contributed by atoms with van der Waals surface area (Å²) in [5.74, 6) is -0.433. The number of rotatable bonds is 7. The molecule has 0 fully saturated rings. The molecule has 0 radical (unpaired) electrons. The van der Waals surface area contributed by atoms with Gasteiger partial charge in [0.2, 0.25) is 0 Å². The summed E-state index contributed by atoms with van der Waals surface area (Å²) >= 11 is 1.44. The Morgan fingerprint density at radius 1 is 1.00 bits per heavy atom. The first-order valence-corrected chi connectivity index (χ1v) is 9.67. The van der Waals surface area contributed by atoms with Crippen molar-refractivity contribution >= 4 is 33.0 Å². The van der Waals surface area contributed by atoms with E-state index in [-0.39, 0.29) is 17.4 Å². The van der Waals surface area contributed by atoms with E-state index in [4.69, 9.17) is 0 Å². The number of aromatic nitrogens is 1. The number of thiophene rings is 1. The number of carbonyl (C=O) groups is 2. The molecule has 0 N–H and O–H groups in total. The molecule has 134 valence electrons. The van der Waals surface area contributed by atoms with Crippen molar-refractivity contribution < 1.29 is 14.0 Å². The number of hydrogen-bond donors (Lipinski definition) is 0. The predicted molar refractivity (Wildman–Crippen MR) is 103 cm³/mol. The Morgan fingerprint density at radius 3 is 2.19 bits per heavy atom. The molecule has 0 spiro atoms. The van der Waals surface area contributed by atoms with Gasteiger partial charge in [-0.25, -0.2) is 9.37 Å². The molecule has 2 heterocycles. The summed E-state index contributed by atoms with van der Waals surface area (Å²) in [5, 5.41) is 2.39. The third-order valence-corrected chi connectivity index (χ3v) is 5.17. The molecule has 3 aromatic rings. The van der Waals surface area contributed by atoms with Gasteiger partial charge < -0.3 is 0 Å². The number of carbonyl (C=O) groups excluding carboxylic acids is 2. The summed E-state index contributed by atoms with van der Waals surface area (Å²) in [4.78, 5) is 29.1. The quantitative estimate of drug-likeness (QED) is 0.475. The van der Waals surface area contributed by atoms with Crippen LogP contribution in [-0.2, 0) is 0 Å². The fourth-order valence-electron chi connectivity index (χ4n) is 2.94. The van der Waals surface area contributed by atoms with E-state index in [2.05, 4.69) is 4.98 Å². The topological polar surface area (TPSA) is 47.0 Å². The molecule has 0 aliphatic heterocycles. The van der Waals surface area contributed by atoms with Gasteiger partial charge in [-0.2, -0.15) is 0 Å². The second-order valence-corrected chi connectivity index (χ2v) is 7.15. The Hall–Kier alpha value is -2.40. The minimum atomic E-state index is -0.274. The summed E-state index contributed by atoms with van der Waals surface area (Å²) in [6.45, 7) is 3.86. The van der Waals surface area contributed by atoms with Crippen LogP contribution < -0.4 is 0 Å². The first-order valence-electron chi connectivity index (χ1n) is 8.79. The molecular formula is C21H20FNO2S. The van der Waals surface area contributed by atoms with E-state index in [1.165, 1.54) is 17.4 Å². The van der Waals surface area contributed by atoms with Gasteiger partial charge >= 0.3 is 0 Å². The standard InChI is InChI=1S/C21H20FNO2S/c1-3-5-19(24)17-11-13(12-18(23-17)20(25)6-4-2)14-7-8-16(22)15-9-10-26-21(14)15/h7-12H,3-6H2,1-2H3. The lowest BCUT2D eigenvalue weighted by atomic mass is 9.99. The molecule has 26 heavy (non-hydrogen) atoms. The maximum atomic E-state index is 14.0. The van der Waals surface area contributed by atoms with Crippen molar-refractivity contribution in [2.45, 2.75) is 39.5 Å². The average Bonchev–Trinajstić information content (AvgIpc) is 3.13. The van der Waals surface area contributed by atoms with Crippen LogP contribution in [-0.4, -0.2) is 16.6 Å². The average molecular weight is 369 g/mol. The van der Waals surface area contributed by atoms with Crippen molar-refractivity contribution in [2.75, 3.05) is 0 Å². The summed E-state index contributed by atoms with van der Waals surface area (Å²) in [6.07, 6.45) is 2.20. The van der Waals surface area contributed by atoms with Crippen LogP contribution in [0.3, 0.4) is 0 Å². The maximum Gasteiger partial charge on any atom is 0.181 e. The number of Topliss-reactive ketones (excluding diaryl/α,β-unsaturated/α-hetero) is 2. The molecule has 0 atom stereocenters. The van der Waals surface area contributed by atoms with Crippen molar-refractivity contribution in [3.8, 4) is 11.1 Å². The molecule has 0 unspecified atom stereocenters. The number of benzene rings is 1. The Morgan fingerprint density at radius 2 is 1.62 bits per heavy atom. The molecule has 0 saturated carbocycles. The third kappa shape index (κ3) is 3.58. The van der Waals surface area contributed by atoms with Gasteiger partial charge in [0.05, 0.1) is 0 Å². The number of fused-ring (bicyclic) bond motifs is 1. The van der Waals surface area contributed by atoms with Gasteiger partial charge in [-0.1, -0.05) is 19.9 Å². The van der Waals surface area contributed by atoms with Gasteiger partial charge in [-0.15, -0.1) is 11.3 Å². The highest BCUT2D eigenvalue weighted by atomic mass is 32.1. The van der Waals surface area contributed by atoms with Crippen molar-refractivity contribution in [1.82, 2.24) is 4.98 Å². The highest BCUT2D eigenvalue weighted by Crippen LogP contribution is 2.35. The number of halogens is 1. The lowest BCUT2D eigenvalue weighted by molar-refractivity contribution is 0.0973. The molecule has 0 saturated heterocycles. The zero-order chi connectivity index (χ0) is 18.7. The zero-order valence-corrected chi connectivity index (χ0v) is 15.7. The molecule has 0 bridgehead atoms. The molecule has 3 rings (SSSR count). The second-order valence-electron chi connectivity index (χ2n) is 6.23. The van der Waals surface area contributed by atoms with Gasteiger partial charge in [0.25, 0.3) is 0 Å². The smallest absolute Gasteiger partial charge is 0.181 e. The monoisotopic (exact) mass is 369 g/mol. The Kier molecular flexibility index (Phi) is 5.57. The normalized spacial score (nSPS) is 11.0. The molecule has 0 aliphatic carbocycles. The van der Waals surface area contributed by atoms with Crippen LogP contribution in [0, 0.1) is 5.82 Å². The largest absolute Gasteiger partial charge is 0.292 e. The summed E-state index contributed by atoms with van der Waals surface area (Å²) in [5.41, 5.74) is 2.15. The van der Waals surface area contributed by atoms with Crippen LogP contribution in [0.1, 0.15) is 60.5 Å². The Balaban J connectivity index is 2.18. The fourth-order valence-corrected chi connectivity index (χ4v) is 3.88. The van der Waals surface area contributed by atoms with Gasteiger partial charge in [0, 0.05) is 22.9 Å². The Labute approximate surface area is 155 Å². The molecular weight excluding hydrogens is 349 g/mol. The van der Waals surface area contributed by atoms with E-state index < -0.39 is 0 Å². The minimum Gasteiger partial charge on any atom is -0.292 e. The molecule has 2 aromatic heterocycles. The van der Waals surface area contributed by atoms with E-state index in [0.717, 1.165) is 15.8 Å². The first kappa shape index (κ1) is 18.4. The molecule has 3 nitrogen and oxygen atoms in total. The predicted octanol–water partition coefficient (Wildman–Crippen LogP) is 6.07. The van der Waals surface area contributed by atoms with Gasteiger partial charge in [0.1, 0.15) is 17.2 Å². The van der Waals surface area contributed by atoms with E-state index in [1.807, 2.05) is 19.2 Å². The second kappa shape index (κ2) is 7.87. The zero-order valence-electron chi connectivity index (χ0n) is 14.8. The van der Waals surface area contributed by atoms with Crippen molar-refractivity contribution in [2.24, 2.45) is 0 Å². The lowest BCUT2D eigenvalue weighted by Crippen LogP contribution is -2.09. The van der Waals surface area contributed by atoms with Crippen molar-refractivity contribution in [1.29, 1.82) is 0 Å². The van der Waals surface area contributed by atoms with Crippen LogP contribution in [0.4, 0.5) is 4.39 Å². The van der Waals surface area contributed by atoms with Crippen LogP contribution in [0.25, 0.3) is 21.2 Å². The van der Waals surface area contributed by atoms with Crippen molar-refractivity contribution in [3.05, 3.63) is 52.9 Å². The first-order chi connectivity index (χ1) is 12.5. The summed E-state index contributed by atoms with van der Waals surface area (Å²) in [7, 11) is 0. The fraction of sp³-hybridized carbons (Fsp3) is 0.286. The third-order valence-electron chi connectivity index (χ3n) is 4.23. The Bertz CT molecular complexity index is 941. The number of ketones is 2. The van der Waals surface area contributed by atoms with Crippen LogP contribution in [0.5, 0.6) is 0 Å². The SMILES string of the molecule is CCCC(=O)c1cc(-c2ccc(F)c3ccsc23)cc(C(=O)CCC)n1. The van der Waals surface area contributed by atoms with Crippen molar-refractivity contribution in [3.63, 3.8) is 0 Å². The number of pyridine rings is 1. The number of nitrogens with zero attached hydrogens (tertiary/aromatic N) is 1. The van der Waals surface area contributed by atoms with E-state index in [0.29, 0.717) is 42.5 Å². The molecule has 1 aromatic carbocycles. The molecule has 0 amide bonds. The lowest BCUT2D eigenvalue weighted by Gasteiger charge is -2.09. The van der Waals surface area contributed by atoms with Crippen LogP contribution >= 0.6 is 11.3 Å². The summed E-state index contributed by atoms with van der Waals surface area (Å²) in [6, 6.07) is 8.30. The van der Waals surface area contributed by atoms with E-state index in [9.17, 15) is 14.0 Å². The van der Waals surface area contributed by atoms with E-state index >= 15 is 0 Å². The van der Waals surface area contributed by atoms with E-state index in [1.54, 1.807) is 24.3 Å². The highest BCUT2D eigenvalue weighted by Gasteiger charge is 2.17. The van der Waals surface area contributed by atoms with Gasteiger partial charge in [-0.05, 0) is 53.6 Å². The van der Waals surface area contributed by atoms with Gasteiger partial charge in [0.15, 0.2) is 11.6 Å². The molecule has 0 aliphatic rings. The molecule has 5 heteroatoms. The summed E-state index contributed by atoms with van der Waals surface area (Å²) < 4.78 is 14.8.